The standard InChI is InChI=1S/C17H25ClN4O4/c1-6-25-13(24-5)8-7-12-11-21-15(18)22-14(12)19-9-10-20-16(23)26-17(2,3)4/h11,13H,6,9-10H2,1-5H3,(H,20,23)(H,19,21,22). The Kier molecular flexibility index (Phi) is 9.13. The van der Waals surface area contributed by atoms with Gasteiger partial charge in [-0.2, -0.15) is 4.98 Å². The number of nitrogens with one attached hydrogen (secondary N) is 2. The van der Waals surface area contributed by atoms with E-state index in [9.17, 15) is 4.79 Å². The van der Waals surface area contributed by atoms with Crippen molar-refractivity contribution in [1.82, 2.24) is 15.3 Å². The van der Waals surface area contributed by atoms with Gasteiger partial charge in [0, 0.05) is 33.0 Å². The highest BCUT2D eigenvalue weighted by Crippen LogP contribution is 2.13. The summed E-state index contributed by atoms with van der Waals surface area (Å²) < 4.78 is 15.6. The fourth-order valence-corrected chi connectivity index (χ4v) is 1.84. The summed E-state index contributed by atoms with van der Waals surface area (Å²) in [5.74, 6) is 6.19. The molecule has 26 heavy (non-hydrogen) atoms. The van der Waals surface area contributed by atoms with Gasteiger partial charge in [0.05, 0.1) is 5.56 Å². The molecule has 0 aromatic carbocycles. The summed E-state index contributed by atoms with van der Waals surface area (Å²) in [6.45, 7) is 8.47. The lowest BCUT2D eigenvalue weighted by Gasteiger charge is -2.19. The summed E-state index contributed by atoms with van der Waals surface area (Å²) in [6.07, 6.45) is 0.377. The van der Waals surface area contributed by atoms with E-state index in [1.165, 1.54) is 13.3 Å². The van der Waals surface area contributed by atoms with Gasteiger partial charge in [-0.15, -0.1) is 0 Å². The Labute approximate surface area is 159 Å². The van der Waals surface area contributed by atoms with Crippen molar-refractivity contribution in [2.24, 2.45) is 0 Å². The SMILES string of the molecule is CCOC(C#Cc1cnc(Cl)nc1NCCNC(=O)OC(C)(C)C)OC. The molecule has 9 heteroatoms. The smallest absolute Gasteiger partial charge is 0.407 e. The number of hydrogen-bond donors (Lipinski definition) is 2. The molecule has 0 spiro atoms. The van der Waals surface area contributed by atoms with Gasteiger partial charge in [0.2, 0.25) is 11.6 Å². The molecule has 0 aliphatic rings. The molecule has 0 saturated carbocycles. The number of nitrogens with zero attached hydrogens (tertiary/aromatic N) is 2. The number of methoxy groups -OCH3 is 1. The van der Waals surface area contributed by atoms with E-state index in [-0.39, 0.29) is 5.28 Å². The zero-order chi connectivity index (χ0) is 19.6. The minimum absolute atomic E-state index is 0.0891. The van der Waals surface area contributed by atoms with Crippen molar-refractivity contribution in [1.29, 1.82) is 0 Å². The molecule has 1 rings (SSSR count). The maximum Gasteiger partial charge on any atom is 0.407 e. The van der Waals surface area contributed by atoms with Crippen molar-refractivity contribution in [3.05, 3.63) is 17.0 Å². The number of carbonyl (C=O) groups excluding carboxylic acids is 1. The fourth-order valence-electron chi connectivity index (χ4n) is 1.70. The Bertz CT molecular complexity index is 652. The number of alkyl carbamates (subject to hydrolysis) is 1. The molecule has 0 fully saturated rings. The van der Waals surface area contributed by atoms with Crippen LogP contribution >= 0.6 is 11.6 Å². The van der Waals surface area contributed by atoms with E-state index in [1.807, 2.05) is 6.92 Å². The van der Waals surface area contributed by atoms with Gasteiger partial charge < -0.3 is 24.8 Å². The number of halogens is 1. The molecule has 1 atom stereocenters. The highest BCUT2D eigenvalue weighted by molar-refractivity contribution is 6.28. The second-order valence-corrected chi connectivity index (χ2v) is 6.39. The highest BCUT2D eigenvalue weighted by atomic mass is 35.5. The molecule has 0 radical (unpaired) electrons. The van der Waals surface area contributed by atoms with Crippen LogP contribution in [0.5, 0.6) is 0 Å². The van der Waals surface area contributed by atoms with Crippen LogP contribution in [0.15, 0.2) is 6.20 Å². The monoisotopic (exact) mass is 384 g/mol. The summed E-state index contributed by atoms with van der Waals surface area (Å²) in [7, 11) is 1.51. The van der Waals surface area contributed by atoms with Crippen molar-refractivity contribution in [3.8, 4) is 11.8 Å². The lowest BCUT2D eigenvalue weighted by atomic mass is 10.2. The first kappa shape index (κ1) is 22.0. The zero-order valence-electron chi connectivity index (χ0n) is 15.7. The van der Waals surface area contributed by atoms with Crippen molar-refractivity contribution in [2.75, 3.05) is 32.1 Å². The first-order valence-electron chi connectivity index (χ1n) is 8.14. The van der Waals surface area contributed by atoms with Gasteiger partial charge in [-0.1, -0.05) is 5.92 Å². The second-order valence-electron chi connectivity index (χ2n) is 6.05. The first-order chi connectivity index (χ1) is 12.2. The molecule has 0 bridgehead atoms. The molecule has 1 unspecified atom stereocenters. The van der Waals surface area contributed by atoms with Crippen LogP contribution in [0.25, 0.3) is 0 Å². The molecule has 0 aliphatic heterocycles. The van der Waals surface area contributed by atoms with Crippen LogP contribution in [0.2, 0.25) is 5.28 Å². The number of anilines is 1. The van der Waals surface area contributed by atoms with Crippen LogP contribution in [0.4, 0.5) is 10.6 Å². The van der Waals surface area contributed by atoms with Gasteiger partial charge in [-0.05, 0) is 45.2 Å². The summed E-state index contributed by atoms with van der Waals surface area (Å²) in [5, 5.41) is 5.79. The summed E-state index contributed by atoms with van der Waals surface area (Å²) in [4.78, 5) is 19.6. The van der Waals surface area contributed by atoms with Gasteiger partial charge in [0.25, 0.3) is 0 Å². The lowest BCUT2D eigenvalue weighted by molar-refractivity contribution is -0.0793. The minimum atomic E-state index is -0.641. The van der Waals surface area contributed by atoms with Gasteiger partial charge in [-0.3, -0.25) is 0 Å². The number of amides is 1. The Morgan fingerprint density at radius 1 is 1.38 bits per heavy atom. The van der Waals surface area contributed by atoms with Crippen molar-refractivity contribution < 1.29 is 19.0 Å². The number of ether oxygens (including phenoxy) is 3. The molecule has 8 nitrogen and oxygen atoms in total. The third kappa shape index (κ3) is 8.85. The van der Waals surface area contributed by atoms with Crippen LogP contribution < -0.4 is 10.6 Å². The quantitative estimate of drug-likeness (QED) is 0.322. The lowest BCUT2D eigenvalue weighted by Crippen LogP contribution is -2.35. The average molecular weight is 385 g/mol. The molecular weight excluding hydrogens is 360 g/mol. The average Bonchev–Trinajstić information content (AvgIpc) is 2.55. The molecule has 0 aliphatic carbocycles. The Morgan fingerprint density at radius 3 is 2.73 bits per heavy atom. The van der Waals surface area contributed by atoms with Crippen LogP contribution in [-0.2, 0) is 14.2 Å². The van der Waals surface area contributed by atoms with E-state index < -0.39 is 18.0 Å². The van der Waals surface area contributed by atoms with Gasteiger partial charge in [-0.25, -0.2) is 9.78 Å². The van der Waals surface area contributed by atoms with Crippen molar-refractivity contribution >= 4 is 23.5 Å². The maximum absolute atomic E-state index is 11.6. The van der Waals surface area contributed by atoms with Gasteiger partial charge in [0.1, 0.15) is 11.4 Å². The van der Waals surface area contributed by atoms with E-state index in [4.69, 9.17) is 25.8 Å². The zero-order valence-corrected chi connectivity index (χ0v) is 16.4. The molecule has 1 aromatic heterocycles. The molecule has 0 saturated heterocycles. The molecule has 1 aromatic rings. The number of hydrogen-bond acceptors (Lipinski definition) is 7. The highest BCUT2D eigenvalue weighted by Gasteiger charge is 2.15. The normalized spacial score (nSPS) is 11.9. The number of carbonyl (C=O) groups is 1. The van der Waals surface area contributed by atoms with E-state index in [1.54, 1.807) is 20.8 Å². The van der Waals surface area contributed by atoms with E-state index in [2.05, 4.69) is 32.4 Å². The molecule has 1 heterocycles. The topological polar surface area (TPSA) is 94.6 Å². The molecule has 2 N–H and O–H groups in total. The summed E-state index contributed by atoms with van der Waals surface area (Å²) >= 11 is 5.84. The summed E-state index contributed by atoms with van der Waals surface area (Å²) in [6, 6.07) is 0. The van der Waals surface area contributed by atoms with Crippen molar-refractivity contribution in [3.63, 3.8) is 0 Å². The fraction of sp³-hybridized carbons (Fsp3) is 0.588. The maximum atomic E-state index is 11.6. The van der Waals surface area contributed by atoms with Crippen molar-refractivity contribution in [2.45, 2.75) is 39.6 Å². The Hall–Kier alpha value is -2.08. The number of rotatable bonds is 7. The molecule has 1 amide bonds. The summed E-state index contributed by atoms with van der Waals surface area (Å²) in [5.41, 5.74) is -0.00718. The number of aromatic nitrogens is 2. The van der Waals surface area contributed by atoms with E-state index in [0.717, 1.165) is 0 Å². The molecule has 144 valence electrons. The van der Waals surface area contributed by atoms with E-state index >= 15 is 0 Å². The minimum Gasteiger partial charge on any atom is -0.444 e. The van der Waals surface area contributed by atoms with Gasteiger partial charge in [0.15, 0.2) is 0 Å². The Balaban J connectivity index is 2.65. The van der Waals surface area contributed by atoms with Crippen LogP contribution in [-0.4, -0.2) is 54.8 Å². The van der Waals surface area contributed by atoms with E-state index in [0.29, 0.717) is 31.1 Å². The van der Waals surface area contributed by atoms with Crippen LogP contribution in [0.1, 0.15) is 33.3 Å². The largest absolute Gasteiger partial charge is 0.444 e. The van der Waals surface area contributed by atoms with Crippen LogP contribution in [0.3, 0.4) is 0 Å². The predicted octanol–water partition coefficient (Wildman–Crippen LogP) is 2.43. The first-order valence-corrected chi connectivity index (χ1v) is 8.52. The second kappa shape index (κ2) is 10.8. The van der Waals surface area contributed by atoms with Gasteiger partial charge >= 0.3 is 6.09 Å². The molecular formula is C17H25ClN4O4. The van der Waals surface area contributed by atoms with Crippen LogP contribution in [0, 0.1) is 11.8 Å². The third-order valence-electron chi connectivity index (χ3n) is 2.70. The third-order valence-corrected chi connectivity index (χ3v) is 2.88. The Morgan fingerprint density at radius 2 is 2.12 bits per heavy atom. The predicted molar refractivity (Wildman–Crippen MR) is 99.1 cm³/mol.